The van der Waals surface area contributed by atoms with Crippen LogP contribution >= 0.6 is 0 Å². The highest BCUT2D eigenvalue weighted by molar-refractivity contribution is 7.89. The number of carbonyl (C=O) groups is 2. The molecule has 40 heavy (non-hydrogen) atoms. The van der Waals surface area contributed by atoms with E-state index in [9.17, 15) is 31.2 Å². The average molecular weight is 585 g/mol. The zero-order chi connectivity index (χ0) is 29.6. The summed E-state index contributed by atoms with van der Waals surface area (Å²) in [6.07, 6.45) is -3.25. The predicted molar refractivity (Wildman–Crippen MR) is 140 cm³/mol. The largest absolute Gasteiger partial charge is 0.444 e. The number of rotatable bonds is 9. The second-order valence-corrected chi connectivity index (χ2v) is 11.8. The van der Waals surface area contributed by atoms with Crippen molar-refractivity contribution in [3.8, 4) is 0 Å². The van der Waals surface area contributed by atoms with Gasteiger partial charge in [0.2, 0.25) is 15.9 Å². The molecule has 2 aromatic rings. The maximum absolute atomic E-state index is 13.0. The molecule has 0 saturated heterocycles. The van der Waals surface area contributed by atoms with Crippen LogP contribution < -0.4 is 16.1 Å². The van der Waals surface area contributed by atoms with E-state index in [2.05, 4.69) is 16.1 Å². The number of nitrogens with zero attached hydrogens (tertiary/aromatic N) is 1. The quantitative estimate of drug-likeness (QED) is 0.378. The molecule has 2 amide bonds. The molecule has 0 fully saturated rings. The molecule has 3 N–H and O–H groups in total. The minimum Gasteiger partial charge on any atom is -0.444 e. The Hall–Kier alpha value is -3.62. The van der Waals surface area contributed by atoms with Gasteiger partial charge in [-0.25, -0.2) is 13.2 Å². The van der Waals surface area contributed by atoms with E-state index >= 15 is 0 Å². The van der Waals surface area contributed by atoms with Crippen molar-refractivity contribution in [3.05, 3.63) is 71.4 Å². The molecule has 0 aliphatic carbocycles. The number of alkyl halides is 3. The van der Waals surface area contributed by atoms with Gasteiger partial charge in [0.1, 0.15) is 12.1 Å². The summed E-state index contributed by atoms with van der Waals surface area (Å²) >= 11 is 0. The van der Waals surface area contributed by atoms with Gasteiger partial charge >= 0.3 is 12.3 Å². The zero-order valence-corrected chi connectivity index (χ0v) is 23.0. The standard InChI is InChI=1S/C26H31F3N4O6S/c1-25(2,3)39-24(35)30-16-23(34)31-20-7-9-22(10-8-20)40(36,37)33-13-11-21(12-14-33)32-38-17-18-5-4-6-19(15-18)26(27,28)29/h4-11,15,32H,12-14,16-17H2,1-3H3,(H,30,35)(H,31,34). The maximum atomic E-state index is 13.0. The van der Waals surface area contributed by atoms with E-state index in [0.717, 1.165) is 12.1 Å². The molecule has 0 bridgehead atoms. The zero-order valence-electron chi connectivity index (χ0n) is 22.2. The van der Waals surface area contributed by atoms with E-state index < -0.39 is 39.4 Å². The van der Waals surface area contributed by atoms with Gasteiger partial charge in [0.15, 0.2) is 0 Å². The molecule has 1 aliphatic heterocycles. The van der Waals surface area contributed by atoms with Gasteiger partial charge in [-0.2, -0.15) is 17.5 Å². The van der Waals surface area contributed by atoms with Crippen LogP contribution in [0.15, 0.2) is 65.2 Å². The van der Waals surface area contributed by atoms with Crippen LogP contribution in [0.3, 0.4) is 0 Å². The lowest BCUT2D eigenvalue weighted by molar-refractivity contribution is -0.137. The number of hydrogen-bond donors (Lipinski definition) is 3. The van der Waals surface area contributed by atoms with Gasteiger partial charge < -0.3 is 15.4 Å². The third-order valence-electron chi connectivity index (χ3n) is 5.44. The molecular formula is C26H31F3N4O6S. The van der Waals surface area contributed by atoms with Gasteiger partial charge in [-0.1, -0.05) is 12.1 Å². The highest BCUT2D eigenvalue weighted by atomic mass is 32.2. The van der Waals surface area contributed by atoms with Gasteiger partial charge in [-0.15, -0.1) is 0 Å². The minimum absolute atomic E-state index is 0.0305. The Morgan fingerprint density at radius 2 is 1.75 bits per heavy atom. The molecule has 0 radical (unpaired) electrons. The van der Waals surface area contributed by atoms with E-state index in [1.54, 1.807) is 26.8 Å². The van der Waals surface area contributed by atoms with Crippen LogP contribution in [0.5, 0.6) is 0 Å². The van der Waals surface area contributed by atoms with E-state index in [-0.39, 0.29) is 31.1 Å². The molecule has 0 spiro atoms. The summed E-state index contributed by atoms with van der Waals surface area (Å²) in [6, 6.07) is 10.4. The van der Waals surface area contributed by atoms with Crippen molar-refractivity contribution in [2.24, 2.45) is 0 Å². The summed E-state index contributed by atoms with van der Waals surface area (Å²) in [5.41, 5.74) is 2.50. The van der Waals surface area contributed by atoms with Gasteiger partial charge in [0, 0.05) is 30.9 Å². The summed E-state index contributed by atoms with van der Waals surface area (Å²) in [4.78, 5) is 29.1. The Balaban J connectivity index is 1.48. The Labute approximate surface area is 230 Å². The number of benzene rings is 2. The Morgan fingerprint density at radius 1 is 1.05 bits per heavy atom. The fourth-order valence-electron chi connectivity index (χ4n) is 3.54. The number of sulfonamides is 1. The molecule has 1 aliphatic rings. The molecule has 0 aromatic heterocycles. The van der Waals surface area contributed by atoms with E-state index in [1.165, 1.54) is 40.7 Å². The first-order chi connectivity index (χ1) is 18.6. The van der Waals surface area contributed by atoms with Crippen molar-refractivity contribution in [2.45, 2.75) is 50.5 Å². The van der Waals surface area contributed by atoms with Gasteiger partial charge in [0.05, 0.1) is 17.1 Å². The maximum Gasteiger partial charge on any atom is 0.416 e. The van der Waals surface area contributed by atoms with E-state index in [1.807, 2.05) is 0 Å². The van der Waals surface area contributed by atoms with Crippen LogP contribution in [0, 0.1) is 0 Å². The second kappa shape index (κ2) is 12.7. The lowest BCUT2D eigenvalue weighted by Crippen LogP contribution is -2.37. The number of ether oxygens (including phenoxy) is 1. The fraction of sp³-hybridized carbons (Fsp3) is 0.385. The molecule has 3 rings (SSSR count). The van der Waals surface area contributed by atoms with Gasteiger partial charge in [0.25, 0.3) is 0 Å². The minimum atomic E-state index is -4.45. The molecule has 0 unspecified atom stereocenters. The highest BCUT2D eigenvalue weighted by Gasteiger charge is 2.30. The van der Waals surface area contributed by atoms with E-state index in [0.29, 0.717) is 23.4 Å². The lowest BCUT2D eigenvalue weighted by atomic mass is 10.1. The highest BCUT2D eigenvalue weighted by Crippen LogP contribution is 2.29. The van der Waals surface area contributed by atoms with Crippen molar-refractivity contribution in [1.82, 2.24) is 15.1 Å². The van der Waals surface area contributed by atoms with Crippen molar-refractivity contribution in [3.63, 3.8) is 0 Å². The molecule has 10 nitrogen and oxygen atoms in total. The molecule has 2 aromatic carbocycles. The van der Waals surface area contributed by atoms with Crippen LogP contribution in [0.1, 0.15) is 38.3 Å². The first-order valence-corrected chi connectivity index (χ1v) is 13.7. The van der Waals surface area contributed by atoms with E-state index in [4.69, 9.17) is 9.57 Å². The Bertz CT molecular complexity index is 1340. The number of hydrogen-bond acceptors (Lipinski definition) is 7. The van der Waals surface area contributed by atoms with Crippen LogP contribution in [0.4, 0.5) is 23.7 Å². The normalized spacial score (nSPS) is 14.7. The van der Waals surface area contributed by atoms with Crippen LogP contribution in [-0.2, 0) is 37.2 Å². The van der Waals surface area contributed by atoms with Crippen molar-refractivity contribution >= 4 is 27.7 Å². The number of anilines is 1. The number of halogens is 3. The Kier molecular flexibility index (Phi) is 9.82. The average Bonchev–Trinajstić information content (AvgIpc) is 2.87. The summed E-state index contributed by atoms with van der Waals surface area (Å²) in [5, 5.41) is 4.89. The molecule has 218 valence electrons. The van der Waals surface area contributed by atoms with Crippen LogP contribution in [-0.4, -0.2) is 50.0 Å². The summed E-state index contributed by atoms with van der Waals surface area (Å²) in [6.45, 7) is 4.87. The third-order valence-corrected chi connectivity index (χ3v) is 7.32. The van der Waals surface area contributed by atoms with Crippen LogP contribution in [0.2, 0.25) is 0 Å². The number of alkyl carbamates (subject to hydrolysis) is 1. The smallest absolute Gasteiger partial charge is 0.416 e. The summed E-state index contributed by atoms with van der Waals surface area (Å²) < 4.78 is 70.9. The lowest BCUT2D eigenvalue weighted by Gasteiger charge is -2.26. The van der Waals surface area contributed by atoms with Crippen molar-refractivity contribution in [1.29, 1.82) is 0 Å². The first kappa shape index (κ1) is 30.9. The fourth-order valence-corrected chi connectivity index (χ4v) is 4.92. The number of hydroxylamine groups is 1. The first-order valence-electron chi connectivity index (χ1n) is 12.2. The van der Waals surface area contributed by atoms with Crippen LogP contribution in [0.25, 0.3) is 0 Å². The SMILES string of the molecule is CC(C)(C)OC(=O)NCC(=O)Nc1ccc(S(=O)(=O)N2CC=C(NOCc3cccc(C(F)(F)F)c3)CC2)cc1. The monoisotopic (exact) mass is 584 g/mol. The molecule has 0 atom stereocenters. The van der Waals surface area contributed by atoms with Gasteiger partial charge in [-0.05, 0) is 68.8 Å². The summed E-state index contributed by atoms with van der Waals surface area (Å²) in [5.74, 6) is -0.516. The number of carbonyl (C=O) groups excluding carboxylic acids is 2. The third kappa shape index (κ3) is 9.24. The Morgan fingerprint density at radius 3 is 2.35 bits per heavy atom. The van der Waals surface area contributed by atoms with Crippen molar-refractivity contribution < 1.29 is 40.8 Å². The molecule has 14 heteroatoms. The summed E-state index contributed by atoms with van der Waals surface area (Å²) in [7, 11) is -3.82. The topological polar surface area (TPSA) is 126 Å². The molecule has 1 heterocycles. The molecular weight excluding hydrogens is 553 g/mol. The number of amides is 2. The van der Waals surface area contributed by atoms with Crippen molar-refractivity contribution in [2.75, 3.05) is 25.0 Å². The molecule has 0 saturated carbocycles. The predicted octanol–water partition coefficient (Wildman–Crippen LogP) is 4.17. The number of nitrogens with one attached hydrogen (secondary N) is 3. The van der Waals surface area contributed by atoms with Gasteiger partial charge in [-0.3, -0.25) is 15.1 Å². The second-order valence-electron chi connectivity index (χ2n) is 9.86.